The van der Waals surface area contributed by atoms with Gasteiger partial charge < -0.3 is 20.0 Å². The van der Waals surface area contributed by atoms with Gasteiger partial charge in [0.15, 0.2) is 0 Å². The zero-order chi connectivity index (χ0) is 8.08. The van der Waals surface area contributed by atoms with Crippen LogP contribution in [0, 0.1) is 0 Å². The van der Waals surface area contributed by atoms with Crippen molar-refractivity contribution in [2.75, 3.05) is 0 Å². The van der Waals surface area contributed by atoms with Crippen LogP contribution in [0.4, 0.5) is 8.99 Å². The largest absolute Gasteiger partial charge is 1.00 e. The summed E-state index contributed by atoms with van der Waals surface area (Å²) in [5.74, 6) is 0. The molecule has 0 aliphatic heterocycles. The summed E-state index contributed by atoms with van der Waals surface area (Å²) in [4.78, 5) is 24.0. The van der Waals surface area contributed by atoms with E-state index in [4.69, 9.17) is 29.4 Å². The van der Waals surface area contributed by atoms with E-state index in [0.29, 0.717) is 0 Å². The SMILES string of the molecule is O=C(O)O.O=P([O-])(O)F.[Na+]. The van der Waals surface area contributed by atoms with Gasteiger partial charge in [0.25, 0.3) is 0 Å². The van der Waals surface area contributed by atoms with Crippen LogP contribution in [0.2, 0.25) is 0 Å². The zero-order valence-electron chi connectivity index (χ0n) is 4.89. The molecule has 0 aromatic carbocycles. The average molecular weight is 184 g/mol. The van der Waals surface area contributed by atoms with E-state index in [1.165, 1.54) is 0 Å². The molecule has 1 unspecified atom stereocenters. The average Bonchev–Trinajstić information content (AvgIpc) is 1.19. The van der Waals surface area contributed by atoms with Gasteiger partial charge in [-0.05, 0) is 0 Å². The molecule has 3 N–H and O–H groups in total. The fourth-order valence-corrected chi connectivity index (χ4v) is 0. The molecular weight excluding hydrogens is 181 g/mol. The van der Waals surface area contributed by atoms with Crippen LogP contribution < -0.4 is 34.5 Å². The van der Waals surface area contributed by atoms with Crippen molar-refractivity contribution in [1.82, 2.24) is 0 Å². The maximum atomic E-state index is 10.2. The van der Waals surface area contributed by atoms with E-state index in [9.17, 15) is 4.20 Å². The van der Waals surface area contributed by atoms with Crippen LogP contribution in [0.15, 0.2) is 0 Å². The number of rotatable bonds is 0. The Morgan fingerprint density at radius 3 is 1.50 bits per heavy atom. The van der Waals surface area contributed by atoms with Crippen LogP contribution in [-0.4, -0.2) is 21.3 Å². The van der Waals surface area contributed by atoms with Crippen molar-refractivity contribution < 1.29 is 63.1 Å². The molecule has 1 atom stereocenters. The fourth-order valence-electron chi connectivity index (χ4n) is 0. The second-order valence-corrected chi connectivity index (χ2v) is 1.64. The topological polar surface area (TPSA) is 118 Å². The number of carbonyl (C=O) groups is 1. The Morgan fingerprint density at radius 2 is 1.50 bits per heavy atom. The number of hydrogen-bond acceptors (Lipinski definition) is 3. The van der Waals surface area contributed by atoms with Crippen molar-refractivity contribution in [3.63, 3.8) is 0 Å². The van der Waals surface area contributed by atoms with Crippen LogP contribution >= 0.6 is 7.91 Å². The fraction of sp³-hybridized carbons (Fsp3) is 0. The minimum Gasteiger partial charge on any atom is -0.753 e. The second kappa shape index (κ2) is 7.46. The summed E-state index contributed by atoms with van der Waals surface area (Å²) in [5, 5.41) is 13.9. The maximum Gasteiger partial charge on any atom is 1.00 e. The van der Waals surface area contributed by atoms with Gasteiger partial charge in [-0.15, -0.1) is 0 Å². The molecule has 0 aliphatic rings. The summed E-state index contributed by atoms with van der Waals surface area (Å²) < 4.78 is 18.8. The molecule has 9 heteroatoms. The molecule has 0 fully saturated rings. The molecule has 0 aromatic heterocycles. The smallest absolute Gasteiger partial charge is 0.753 e. The Balaban J connectivity index is -0.0000000910. The molecule has 10 heavy (non-hydrogen) atoms. The molecule has 0 saturated heterocycles. The molecule has 6 nitrogen and oxygen atoms in total. The van der Waals surface area contributed by atoms with Gasteiger partial charge in [0.1, 0.15) is 0 Å². The molecular formula is CH3FNaO6P. The second-order valence-electron chi connectivity index (χ2n) is 0.734. The molecule has 0 saturated carbocycles. The standard InChI is InChI=1S/CH2O3.FH2O3P.Na/c2-1(3)4;1-5(2,3)4;/h(H2,2,3,4);(H2,2,3,4);/q;;+1/p-1. The summed E-state index contributed by atoms with van der Waals surface area (Å²) >= 11 is 0. The predicted molar refractivity (Wildman–Crippen MR) is 21.6 cm³/mol. The minimum absolute atomic E-state index is 0. The van der Waals surface area contributed by atoms with E-state index in [1.807, 2.05) is 0 Å². The van der Waals surface area contributed by atoms with Gasteiger partial charge in [-0.2, -0.15) is 4.20 Å². The molecule has 0 spiro atoms. The van der Waals surface area contributed by atoms with Crippen molar-refractivity contribution in [1.29, 1.82) is 0 Å². The Labute approximate surface area is 77.2 Å². The molecule has 0 radical (unpaired) electrons. The first kappa shape index (κ1) is 16.7. The van der Waals surface area contributed by atoms with E-state index in [-0.39, 0.29) is 29.6 Å². The maximum absolute atomic E-state index is 10.2. The van der Waals surface area contributed by atoms with Crippen molar-refractivity contribution in [2.45, 2.75) is 0 Å². The number of carboxylic acid groups (broad SMARTS) is 2. The first-order valence-electron chi connectivity index (χ1n) is 1.39. The third kappa shape index (κ3) is 3680. The van der Waals surface area contributed by atoms with Gasteiger partial charge >= 0.3 is 43.6 Å². The van der Waals surface area contributed by atoms with Crippen LogP contribution in [0.5, 0.6) is 0 Å². The van der Waals surface area contributed by atoms with Gasteiger partial charge in [0.05, 0.1) is 0 Å². The third-order valence-electron chi connectivity index (χ3n) is 0. The van der Waals surface area contributed by atoms with Crippen LogP contribution in [-0.2, 0) is 4.57 Å². The van der Waals surface area contributed by atoms with Crippen LogP contribution in [0.25, 0.3) is 0 Å². The summed E-state index contributed by atoms with van der Waals surface area (Å²) in [6, 6.07) is 0. The summed E-state index contributed by atoms with van der Waals surface area (Å²) in [7, 11) is -5.39. The summed E-state index contributed by atoms with van der Waals surface area (Å²) in [5.41, 5.74) is 0. The Kier molecular flexibility index (Phi) is 12.5. The Bertz CT molecular complexity index is 117. The van der Waals surface area contributed by atoms with Gasteiger partial charge in [-0.1, -0.05) is 0 Å². The molecule has 0 bridgehead atoms. The van der Waals surface area contributed by atoms with E-state index in [1.54, 1.807) is 0 Å². The van der Waals surface area contributed by atoms with Crippen LogP contribution in [0.3, 0.4) is 0 Å². The van der Waals surface area contributed by atoms with Crippen LogP contribution in [0.1, 0.15) is 0 Å². The normalized spacial score (nSPS) is 13.1. The van der Waals surface area contributed by atoms with Gasteiger partial charge in [0, 0.05) is 0 Å². The Morgan fingerprint density at radius 1 is 1.50 bits per heavy atom. The predicted octanol–water partition coefficient (Wildman–Crippen LogP) is -3.36. The third-order valence-corrected chi connectivity index (χ3v) is 0. The minimum atomic E-state index is -5.39. The summed E-state index contributed by atoms with van der Waals surface area (Å²) in [6.45, 7) is 0. The molecule has 0 aromatic rings. The zero-order valence-corrected chi connectivity index (χ0v) is 7.79. The quantitative estimate of drug-likeness (QED) is 0.267. The van der Waals surface area contributed by atoms with Crippen molar-refractivity contribution in [3.8, 4) is 0 Å². The first-order valence-corrected chi connectivity index (χ1v) is 2.85. The van der Waals surface area contributed by atoms with E-state index >= 15 is 0 Å². The van der Waals surface area contributed by atoms with E-state index in [2.05, 4.69) is 0 Å². The van der Waals surface area contributed by atoms with Gasteiger partial charge in [-0.3, -0.25) is 4.57 Å². The number of halogens is 1. The first-order chi connectivity index (χ1) is 3.73. The van der Waals surface area contributed by atoms with Gasteiger partial charge in [-0.25, -0.2) is 4.79 Å². The van der Waals surface area contributed by atoms with Crippen molar-refractivity contribution >= 4 is 14.1 Å². The summed E-state index contributed by atoms with van der Waals surface area (Å²) in [6.07, 6.45) is -1.83. The molecule has 0 amide bonds. The van der Waals surface area contributed by atoms with Crippen molar-refractivity contribution in [3.05, 3.63) is 0 Å². The number of hydrogen-bond donors (Lipinski definition) is 3. The van der Waals surface area contributed by atoms with E-state index < -0.39 is 14.1 Å². The molecule has 56 valence electrons. The van der Waals surface area contributed by atoms with E-state index in [0.717, 1.165) is 0 Å². The monoisotopic (exact) mass is 184 g/mol. The molecule has 0 rings (SSSR count). The van der Waals surface area contributed by atoms with Gasteiger partial charge in [0.2, 0.25) is 0 Å². The Hall–Kier alpha value is 0.350. The van der Waals surface area contributed by atoms with Crippen molar-refractivity contribution in [2.24, 2.45) is 0 Å². The molecule has 0 heterocycles. The molecule has 0 aliphatic carbocycles.